The highest BCUT2D eigenvalue weighted by molar-refractivity contribution is 9.11. The zero-order chi connectivity index (χ0) is 25.0. The summed E-state index contributed by atoms with van der Waals surface area (Å²) in [5.41, 5.74) is -1.56. The summed E-state index contributed by atoms with van der Waals surface area (Å²) >= 11 is 4.55. The van der Waals surface area contributed by atoms with Gasteiger partial charge in [-0.25, -0.2) is 13.2 Å². The van der Waals surface area contributed by atoms with Gasteiger partial charge in [0.05, 0.1) is 21.7 Å². The maximum atomic E-state index is 13.2. The molecule has 0 unspecified atom stereocenters. The molecule has 34 heavy (non-hydrogen) atoms. The summed E-state index contributed by atoms with van der Waals surface area (Å²) < 4.78 is 55.8. The van der Waals surface area contributed by atoms with Crippen LogP contribution in [0.2, 0.25) is 0 Å². The van der Waals surface area contributed by atoms with E-state index in [1.54, 1.807) is 26.0 Å². The van der Waals surface area contributed by atoms with Gasteiger partial charge in [0.2, 0.25) is 0 Å². The minimum atomic E-state index is -4.32. The number of carbonyl (C=O) groups is 2. The lowest BCUT2D eigenvalue weighted by Crippen LogP contribution is -2.41. The lowest BCUT2D eigenvalue weighted by molar-refractivity contribution is -0.212. The van der Waals surface area contributed by atoms with E-state index in [1.165, 1.54) is 11.3 Å². The first kappa shape index (κ1) is 26.2. The Morgan fingerprint density at radius 2 is 2.00 bits per heavy atom. The summed E-state index contributed by atoms with van der Waals surface area (Å²) in [5, 5.41) is 3.04. The van der Waals surface area contributed by atoms with Crippen LogP contribution in [0.3, 0.4) is 0 Å². The molecule has 1 saturated heterocycles. The summed E-state index contributed by atoms with van der Waals surface area (Å²) in [6.45, 7) is 4.19. The van der Waals surface area contributed by atoms with Gasteiger partial charge < -0.3 is 5.32 Å². The molecule has 3 aliphatic rings. The standard InChI is InChI=1S/C21H28BrNO8S3/c1-19-6-5-14(11-15(19)24)20(19,2)13-34(28,29)31-30-18(25)12-21(16-3-4-17(22)32-16)7-8-23-9-10-33(21,26)27/h3-4,14,23H,5-13H2,1-2H3/t14-,19+,20-,21-/m1/s1. The normalized spacial score (nSPS) is 35.3. The van der Waals surface area contributed by atoms with Gasteiger partial charge in [-0.1, -0.05) is 18.2 Å². The van der Waals surface area contributed by atoms with Gasteiger partial charge in [0, 0.05) is 23.3 Å². The lowest BCUT2D eigenvalue weighted by Gasteiger charge is -2.35. The molecule has 0 aromatic carbocycles. The lowest BCUT2D eigenvalue weighted by atomic mass is 9.70. The first-order chi connectivity index (χ1) is 15.7. The third kappa shape index (κ3) is 4.30. The first-order valence-corrected chi connectivity index (χ1v) is 15.9. The van der Waals surface area contributed by atoms with E-state index in [2.05, 4.69) is 25.6 Å². The molecule has 2 aliphatic carbocycles. The van der Waals surface area contributed by atoms with Crippen molar-refractivity contribution >= 4 is 59.0 Å². The van der Waals surface area contributed by atoms with Crippen LogP contribution in [0.15, 0.2) is 15.9 Å². The molecule has 1 aromatic rings. The number of ketones is 1. The van der Waals surface area contributed by atoms with Crippen LogP contribution in [0, 0.1) is 16.7 Å². The molecule has 3 fully saturated rings. The number of thiophene rings is 1. The number of fused-ring (bicyclic) bond motifs is 2. The van der Waals surface area contributed by atoms with Crippen LogP contribution in [0.25, 0.3) is 0 Å². The van der Waals surface area contributed by atoms with Crippen LogP contribution in [0.1, 0.15) is 50.8 Å². The zero-order valence-corrected chi connectivity index (χ0v) is 23.0. The SMILES string of the molecule is C[C@]12CC[C@H](CC1=O)[C@@]2(C)CS(=O)(=O)OOC(=O)C[C@@]1(c2ccc(Br)s2)CCNCCS1(=O)=O. The van der Waals surface area contributed by atoms with Gasteiger partial charge in [0.1, 0.15) is 10.5 Å². The second-order valence-electron chi connectivity index (χ2n) is 9.93. The van der Waals surface area contributed by atoms with Crippen molar-refractivity contribution in [1.29, 1.82) is 0 Å². The Morgan fingerprint density at radius 1 is 1.26 bits per heavy atom. The quantitative estimate of drug-likeness (QED) is 0.372. The molecule has 0 radical (unpaired) electrons. The summed E-state index contributed by atoms with van der Waals surface area (Å²) in [5.74, 6) is -1.72. The molecule has 9 nitrogen and oxygen atoms in total. The maximum absolute atomic E-state index is 13.2. The average Bonchev–Trinajstić information content (AvgIpc) is 3.28. The zero-order valence-electron chi connectivity index (χ0n) is 19.0. The average molecular weight is 599 g/mol. The fraction of sp³-hybridized carbons (Fsp3) is 0.714. The minimum absolute atomic E-state index is 0.0506. The molecule has 1 aromatic heterocycles. The van der Waals surface area contributed by atoms with Gasteiger partial charge in [-0.05, 0) is 65.2 Å². The molecule has 2 heterocycles. The fourth-order valence-corrected chi connectivity index (χ4v) is 11.3. The number of carbonyl (C=O) groups excluding carboxylic acids is 2. The van der Waals surface area contributed by atoms with E-state index in [4.69, 9.17) is 4.89 Å². The molecule has 190 valence electrons. The number of hydrogen-bond acceptors (Lipinski definition) is 10. The summed E-state index contributed by atoms with van der Waals surface area (Å²) in [6.07, 6.45) is 1.28. The van der Waals surface area contributed by atoms with E-state index in [0.29, 0.717) is 28.0 Å². The fourth-order valence-electron chi connectivity index (χ4n) is 5.87. The highest BCUT2D eigenvalue weighted by atomic mass is 79.9. The van der Waals surface area contributed by atoms with Crippen molar-refractivity contribution in [2.45, 2.75) is 50.7 Å². The van der Waals surface area contributed by atoms with E-state index in [-0.39, 0.29) is 30.4 Å². The Labute approximate surface area is 212 Å². The highest BCUT2D eigenvalue weighted by Crippen LogP contribution is 2.64. The van der Waals surface area contributed by atoms with Gasteiger partial charge in [-0.2, -0.15) is 8.42 Å². The summed E-state index contributed by atoms with van der Waals surface area (Å²) in [7, 11) is -8.10. The predicted molar refractivity (Wildman–Crippen MR) is 129 cm³/mol. The molecular formula is C21H28BrNO8S3. The number of halogens is 1. The topological polar surface area (TPSA) is 133 Å². The summed E-state index contributed by atoms with van der Waals surface area (Å²) in [4.78, 5) is 30.4. The van der Waals surface area contributed by atoms with E-state index in [1.807, 2.05) is 0 Å². The Kier molecular flexibility index (Phi) is 6.87. The third-order valence-corrected chi connectivity index (χ3v) is 13.9. The number of sulfone groups is 1. The molecule has 1 aliphatic heterocycles. The van der Waals surface area contributed by atoms with Crippen LogP contribution >= 0.6 is 27.3 Å². The molecule has 4 rings (SSSR count). The van der Waals surface area contributed by atoms with Crippen LogP contribution in [0.5, 0.6) is 0 Å². The van der Waals surface area contributed by atoms with E-state index >= 15 is 0 Å². The highest BCUT2D eigenvalue weighted by Gasteiger charge is 2.65. The second kappa shape index (κ2) is 8.91. The van der Waals surface area contributed by atoms with Gasteiger partial charge in [0.25, 0.3) is 0 Å². The van der Waals surface area contributed by atoms with Crippen LogP contribution in [-0.4, -0.2) is 53.2 Å². The van der Waals surface area contributed by atoms with Crippen molar-refractivity contribution in [2.24, 2.45) is 16.7 Å². The maximum Gasteiger partial charge on any atom is 0.345 e. The Hall–Kier alpha value is -0.860. The number of Topliss-reactive ketones (excluding diaryl/α,β-unsaturated/α-hetero) is 1. The largest absolute Gasteiger partial charge is 0.345 e. The van der Waals surface area contributed by atoms with Crippen molar-refractivity contribution in [3.05, 3.63) is 20.8 Å². The van der Waals surface area contributed by atoms with Gasteiger partial charge >= 0.3 is 16.1 Å². The Bertz CT molecular complexity index is 1210. The molecule has 13 heteroatoms. The van der Waals surface area contributed by atoms with E-state index in [0.717, 1.165) is 6.42 Å². The number of rotatable bonds is 7. The molecule has 0 amide bonds. The second-order valence-corrected chi connectivity index (χ2v) is 16.4. The Morgan fingerprint density at radius 3 is 2.59 bits per heavy atom. The van der Waals surface area contributed by atoms with E-state index in [9.17, 15) is 26.4 Å². The third-order valence-electron chi connectivity index (χ3n) is 8.21. The molecule has 4 atom stereocenters. The smallest absolute Gasteiger partial charge is 0.316 e. The van der Waals surface area contributed by atoms with Crippen LogP contribution in [-0.2, 0) is 43.5 Å². The van der Waals surface area contributed by atoms with Gasteiger partial charge in [-0.3, -0.25) is 9.68 Å². The molecular weight excluding hydrogens is 570 g/mol. The number of hydrogen-bond donors (Lipinski definition) is 1. The van der Waals surface area contributed by atoms with Crippen molar-refractivity contribution in [3.8, 4) is 0 Å². The van der Waals surface area contributed by atoms with Crippen LogP contribution < -0.4 is 5.32 Å². The number of nitrogens with one attached hydrogen (secondary N) is 1. The molecule has 2 saturated carbocycles. The van der Waals surface area contributed by atoms with Crippen molar-refractivity contribution in [1.82, 2.24) is 5.32 Å². The van der Waals surface area contributed by atoms with Crippen molar-refractivity contribution in [2.75, 3.05) is 24.6 Å². The Balaban J connectivity index is 1.50. The van der Waals surface area contributed by atoms with Crippen molar-refractivity contribution in [3.63, 3.8) is 0 Å². The van der Waals surface area contributed by atoms with Gasteiger partial charge in [-0.15, -0.1) is 11.3 Å². The molecule has 0 spiro atoms. The molecule has 2 bridgehead atoms. The van der Waals surface area contributed by atoms with E-state index < -0.39 is 53.7 Å². The summed E-state index contributed by atoms with van der Waals surface area (Å²) in [6, 6.07) is 3.36. The van der Waals surface area contributed by atoms with Crippen molar-refractivity contribution < 1.29 is 35.6 Å². The minimum Gasteiger partial charge on any atom is -0.316 e. The molecule has 1 N–H and O–H groups in total. The predicted octanol–water partition coefficient (Wildman–Crippen LogP) is 2.70. The van der Waals surface area contributed by atoms with Crippen LogP contribution in [0.4, 0.5) is 0 Å². The first-order valence-electron chi connectivity index (χ1n) is 11.1. The monoisotopic (exact) mass is 597 g/mol. The van der Waals surface area contributed by atoms with Gasteiger partial charge in [0.15, 0.2) is 9.84 Å².